The van der Waals surface area contributed by atoms with E-state index in [1.165, 1.54) is 12.0 Å². The summed E-state index contributed by atoms with van der Waals surface area (Å²) in [7, 11) is 0. The monoisotopic (exact) mass is 161 g/mol. The SMILES string of the molecule is C[C@@H]1C[C@@]1(N)Cc1ccccc1. The standard InChI is InChI=1S/C11H15N/c1-9-7-11(9,12)8-10-5-3-2-4-6-10/h2-6,9H,7-8,12H2,1H3/t9-,11-/m1/s1. The third-order valence-electron chi connectivity index (χ3n) is 2.88. The Kier molecular flexibility index (Phi) is 1.69. The molecule has 1 aliphatic rings. The molecule has 1 aliphatic carbocycles. The van der Waals surface area contributed by atoms with Crippen LogP contribution >= 0.6 is 0 Å². The zero-order chi connectivity index (χ0) is 8.60. The maximum absolute atomic E-state index is 6.12. The molecule has 1 aromatic carbocycles. The molecule has 1 aromatic rings. The Hall–Kier alpha value is -0.820. The van der Waals surface area contributed by atoms with E-state index in [1.54, 1.807) is 0 Å². The van der Waals surface area contributed by atoms with Crippen molar-refractivity contribution in [3.63, 3.8) is 0 Å². The molecule has 0 saturated heterocycles. The summed E-state index contributed by atoms with van der Waals surface area (Å²) in [4.78, 5) is 0. The van der Waals surface area contributed by atoms with E-state index in [-0.39, 0.29) is 5.54 Å². The normalized spacial score (nSPS) is 33.3. The summed E-state index contributed by atoms with van der Waals surface area (Å²) in [5.74, 6) is 0.706. The largest absolute Gasteiger partial charge is 0.325 e. The molecule has 1 fully saturated rings. The summed E-state index contributed by atoms with van der Waals surface area (Å²) < 4.78 is 0. The van der Waals surface area contributed by atoms with E-state index in [0.717, 1.165) is 6.42 Å². The van der Waals surface area contributed by atoms with Crippen LogP contribution in [0.25, 0.3) is 0 Å². The predicted octanol–water partition coefficient (Wildman–Crippen LogP) is 1.97. The van der Waals surface area contributed by atoms with Crippen molar-refractivity contribution in [3.8, 4) is 0 Å². The van der Waals surface area contributed by atoms with Crippen molar-refractivity contribution in [2.24, 2.45) is 11.7 Å². The molecular formula is C11H15N. The van der Waals surface area contributed by atoms with Gasteiger partial charge in [0.05, 0.1) is 0 Å². The molecular weight excluding hydrogens is 146 g/mol. The van der Waals surface area contributed by atoms with Crippen LogP contribution in [0.5, 0.6) is 0 Å². The highest BCUT2D eigenvalue weighted by atomic mass is 14.8. The van der Waals surface area contributed by atoms with Gasteiger partial charge in [-0.2, -0.15) is 0 Å². The molecule has 0 radical (unpaired) electrons. The maximum atomic E-state index is 6.12. The van der Waals surface area contributed by atoms with Crippen molar-refractivity contribution in [2.45, 2.75) is 25.3 Å². The zero-order valence-corrected chi connectivity index (χ0v) is 7.46. The van der Waals surface area contributed by atoms with Crippen LogP contribution in [0.4, 0.5) is 0 Å². The first kappa shape index (κ1) is 7.81. The molecule has 12 heavy (non-hydrogen) atoms. The smallest absolute Gasteiger partial charge is 0.0224 e. The first-order valence-corrected chi connectivity index (χ1v) is 4.53. The van der Waals surface area contributed by atoms with Crippen LogP contribution < -0.4 is 5.73 Å². The third kappa shape index (κ3) is 1.37. The fraction of sp³-hybridized carbons (Fsp3) is 0.455. The number of benzene rings is 1. The lowest BCUT2D eigenvalue weighted by Crippen LogP contribution is -2.27. The van der Waals surface area contributed by atoms with Gasteiger partial charge in [0.15, 0.2) is 0 Å². The van der Waals surface area contributed by atoms with Gasteiger partial charge in [-0.3, -0.25) is 0 Å². The van der Waals surface area contributed by atoms with Crippen molar-refractivity contribution >= 4 is 0 Å². The number of hydrogen-bond donors (Lipinski definition) is 1. The van der Waals surface area contributed by atoms with Gasteiger partial charge in [0, 0.05) is 5.54 Å². The van der Waals surface area contributed by atoms with Crippen LogP contribution in [0.2, 0.25) is 0 Å². The van der Waals surface area contributed by atoms with Gasteiger partial charge in [-0.1, -0.05) is 37.3 Å². The molecule has 2 N–H and O–H groups in total. The Bertz CT molecular complexity index is 268. The van der Waals surface area contributed by atoms with E-state index in [9.17, 15) is 0 Å². The molecule has 2 rings (SSSR count). The molecule has 0 amide bonds. The van der Waals surface area contributed by atoms with Gasteiger partial charge in [-0.15, -0.1) is 0 Å². The fourth-order valence-corrected chi connectivity index (χ4v) is 1.73. The van der Waals surface area contributed by atoms with Crippen LogP contribution in [-0.4, -0.2) is 5.54 Å². The quantitative estimate of drug-likeness (QED) is 0.705. The first-order chi connectivity index (χ1) is 5.71. The molecule has 0 aromatic heterocycles. The molecule has 1 nitrogen and oxygen atoms in total. The Labute approximate surface area is 73.6 Å². The van der Waals surface area contributed by atoms with E-state index >= 15 is 0 Å². The lowest BCUT2D eigenvalue weighted by molar-refractivity contribution is 0.615. The van der Waals surface area contributed by atoms with Crippen molar-refractivity contribution < 1.29 is 0 Å². The van der Waals surface area contributed by atoms with E-state index in [1.807, 2.05) is 6.07 Å². The van der Waals surface area contributed by atoms with Gasteiger partial charge in [-0.05, 0) is 24.3 Å². The summed E-state index contributed by atoms with van der Waals surface area (Å²) in [6.45, 7) is 2.23. The first-order valence-electron chi connectivity index (χ1n) is 4.53. The van der Waals surface area contributed by atoms with Crippen molar-refractivity contribution in [1.82, 2.24) is 0 Å². The molecule has 1 saturated carbocycles. The van der Waals surface area contributed by atoms with Crippen LogP contribution in [0.1, 0.15) is 18.9 Å². The molecule has 0 spiro atoms. The third-order valence-corrected chi connectivity index (χ3v) is 2.88. The minimum Gasteiger partial charge on any atom is -0.325 e. The maximum Gasteiger partial charge on any atom is 0.0224 e. The number of rotatable bonds is 2. The fourth-order valence-electron chi connectivity index (χ4n) is 1.73. The molecule has 2 atom stereocenters. The lowest BCUT2D eigenvalue weighted by atomic mass is 10.0. The topological polar surface area (TPSA) is 26.0 Å². The second-order valence-electron chi connectivity index (χ2n) is 4.00. The van der Waals surface area contributed by atoms with Crippen LogP contribution in [-0.2, 0) is 6.42 Å². The van der Waals surface area contributed by atoms with Crippen LogP contribution in [0.15, 0.2) is 30.3 Å². The highest BCUT2D eigenvalue weighted by Gasteiger charge is 2.46. The van der Waals surface area contributed by atoms with Crippen LogP contribution in [0, 0.1) is 5.92 Å². The zero-order valence-electron chi connectivity index (χ0n) is 7.46. The Balaban J connectivity index is 2.06. The van der Waals surface area contributed by atoms with Gasteiger partial charge in [0.1, 0.15) is 0 Å². The van der Waals surface area contributed by atoms with Gasteiger partial charge < -0.3 is 5.73 Å². The van der Waals surface area contributed by atoms with Crippen LogP contribution in [0.3, 0.4) is 0 Å². The minimum absolute atomic E-state index is 0.112. The van der Waals surface area contributed by atoms with E-state index in [4.69, 9.17) is 5.73 Å². The van der Waals surface area contributed by atoms with E-state index < -0.39 is 0 Å². The molecule has 0 aliphatic heterocycles. The summed E-state index contributed by atoms with van der Waals surface area (Å²) in [6, 6.07) is 10.5. The van der Waals surface area contributed by atoms with Crippen molar-refractivity contribution in [2.75, 3.05) is 0 Å². The average Bonchev–Trinajstić information content (AvgIpc) is 2.61. The average molecular weight is 161 g/mol. The van der Waals surface area contributed by atoms with Gasteiger partial charge in [-0.25, -0.2) is 0 Å². The molecule has 0 unspecified atom stereocenters. The number of hydrogen-bond acceptors (Lipinski definition) is 1. The second-order valence-corrected chi connectivity index (χ2v) is 4.00. The molecule has 64 valence electrons. The second kappa shape index (κ2) is 2.60. The predicted molar refractivity (Wildman–Crippen MR) is 50.8 cm³/mol. The van der Waals surface area contributed by atoms with Crippen molar-refractivity contribution in [1.29, 1.82) is 0 Å². The summed E-state index contributed by atoms with van der Waals surface area (Å²) >= 11 is 0. The Morgan fingerprint density at radius 1 is 1.42 bits per heavy atom. The molecule has 0 bridgehead atoms. The highest BCUT2D eigenvalue weighted by Crippen LogP contribution is 2.42. The molecule has 1 heteroatoms. The Morgan fingerprint density at radius 2 is 2.00 bits per heavy atom. The summed E-state index contributed by atoms with van der Waals surface area (Å²) in [5, 5.41) is 0. The van der Waals surface area contributed by atoms with Crippen molar-refractivity contribution in [3.05, 3.63) is 35.9 Å². The van der Waals surface area contributed by atoms with Gasteiger partial charge in [0.25, 0.3) is 0 Å². The van der Waals surface area contributed by atoms with Gasteiger partial charge >= 0.3 is 0 Å². The summed E-state index contributed by atoms with van der Waals surface area (Å²) in [6.07, 6.45) is 2.22. The van der Waals surface area contributed by atoms with E-state index in [0.29, 0.717) is 5.92 Å². The van der Waals surface area contributed by atoms with E-state index in [2.05, 4.69) is 31.2 Å². The number of nitrogens with two attached hydrogens (primary N) is 1. The van der Waals surface area contributed by atoms with Gasteiger partial charge in [0.2, 0.25) is 0 Å². The Morgan fingerprint density at radius 3 is 2.50 bits per heavy atom. The highest BCUT2D eigenvalue weighted by molar-refractivity contribution is 5.21. The lowest BCUT2D eigenvalue weighted by Gasteiger charge is -2.09. The molecule has 0 heterocycles. The minimum atomic E-state index is 0.112. The summed E-state index contributed by atoms with van der Waals surface area (Å²) in [5.41, 5.74) is 7.60.